The summed E-state index contributed by atoms with van der Waals surface area (Å²) in [5, 5.41) is 18.1. The highest BCUT2D eigenvalue weighted by atomic mass is 19.1. The third-order valence-corrected chi connectivity index (χ3v) is 1.84. The topological polar surface area (TPSA) is 49.7 Å². The first-order valence-corrected chi connectivity index (χ1v) is 3.92. The molecule has 0 saturated heterocycles. The fraction of sp³-hybridized carbons (Fsp3) is 0.333. The summed E-state index contributed by atoms with van der Waals surface area (Å²) in [6.45, 7) is 1.30. The summed E-state index contributed by atoms with van der Waals surface area (Å²) in [4.78, 5) is 0. The standard InChI is InChI=1S/C9H10F2O3/c1-4(12)5-3-6(14-2)8(11)9(13)7(5)10/h3-4,12-13H,1-2H3. The Bertz CT molecular complexity index is 350. The van der Waals surface area contributed by atoms with Crippen LogP contribution in [0, 0.1) is 11.6 Å². The number of aliphatic hydroxyl groups is 1. The van der Waals surface area contributed by atoms with Crippen LogP contribution in [-0.4, -0.2) is 17.3 Å². The van der Waals surface area contributed by atoms with Gasteiger partial charge in [0.2, 0.25) is 5.82 Å². The van der Waals surface area contributed by atoms with Crippen molar-refractivity contribution < 1.29 is 23.7 Å². The Morgan fingerprint density at radius 1 is 1.36 bits per heavy atom. The molecular formula is C9H10F2O3. The van der Waals surface area contributed by atoms with Gasteiger partial charge in [-0.25, -0.2) is 4.39 Å². The number of aliphatic hydroxyl groups excluding tert-OH is 1. The van der Waals surface area contributed by atoms with Gasteiger partial charge in [0.05, 0.1) is 13.2 Å². The molecule has 0 amide bonds. The van der Waals surface area contributed by atoms with Crippen LogP contribution in [0.5, 0.6) is 11.5 Å². The van der Waals surface area contributed by atoms with Gasteiger partial charge in [-0.2, -0.15) is 4.39 Å². The molecular weight excluding hydrogens is 194 g/mol. The van der Waals surface area contributed by atoms with E-state index in [-0.39, 0.29) is 11.3 Å². The smallest absolute Gasteiger partial charge is 0.209 e. The fourth-order valence-electron chi connectivity index (χ4n) is 1.07. The molecule has 0 bridgehead atoms. The SMILES string of the molecule is COc1cc(C(C)O)c(F)c(O)c1F. The molecule has 0 heterocycles. The zero-order chi connectivity index (χ0) is 10.9. The van der Waals surface area contributed by atoms with E-state index in [9.17, 15) is 8.78 Å². The van der Waals surface area contributed by atoms with E-state index >= 15 is 0 Å². The number of hydrogen-bond acceptors (Lipinski definition) is 3. The van der Waals surface area contributed by atoms with Gasteiger partial charge >= 0.3 is 0 Å². The molecule has 0 radical (unpaired) electrons. The number of aromatic hydroxyl groups is 1. The minimum Gasteiger partial charge on any atom is -0.503 e. The van der Waals surface area contributed by atoms with Crippen molar-refractivity contribution in [2.75, 3.05) is 7.11 Å². The molecule has 0 fully saturated rings. The lowest BCUT2D eigenvalue weighted by atomic mass is 10.1. The van der Waals surface area contributed by atoms with Crippen LogP contribution in [0.2, 0.25) is 0 Å². The number of halogens is 2. The van der Waals surface area contributed by atoms with Crippen LogP contribution in [0.15, 0.2) is 6.07 Å². The molecule has 1 aromatic carbocycles. The third-order valence-electron chi connectivity index (χ3n) is 1.84. The maximum atomic E-state index is 13.1. The minimum atomic E-state index is -1.17. The Morgan fingerprint density at radius 2 is 1.93 bits per heavy atom. The number of benzene rings is 1. The van der Waals surface area contributed by atoms with Gasteiger partial charge < -0.3 is 14.9 Å². The van der Waals surface area contributed by atoms with Crippen LogP contribution >= 0.6 is 0 Å². The Labute approximate surface area is 79.6 Å². The molecule has 5 heteroatoms. The summed E-state index contributed by atoms with van der Waals surface area (Å²) >= 11 is 0. The zero-order valence-corrected chi connectivity index (χ0v) is 7.71. The Hall–Kier alpha value is -1.36. The molecule has 0 aromatic heterocycles. The van der Waals surface area contributed by atoms with Crippen LogP contribution in [0.4, 0.5) is 8.78 Å². The van der Waals surface area contributed by atoms with E-state index in [4.69, 9.17) is 10.2 Å². The van der Waals surface area contributed by atoms with E-state index in [0.717, 1.165) is 6.07 Å². The van der Waals surface area contributed by atoms with Crippen LogP contribution in [0.25, 0.3) is 0 Å². The molecule has 2 N–H and O–H groups in total. The first-order valence-electron chi connectivity index (χ1n) is 3.92. The summed E-state index contributed by atoms with van der Waals surface area (Å²) < 4.78 is 30.7. The van der Waals surface area contributed by atoms with Gasteiger partial charge in [-0.05, 0) is 13.0 Å². The summed E-state index contributed by atoms with van der Waals surface area (Å²) in [5.74, 6) is -3.78. The van der Waals surface area contributed by atoms with Crippen molar-refractivity contribution in [3.8, 4) is 11.5 Å². The number of phenols is 1. The summed E-state index contributed by atoms with van der Waals surface area (Å²) in [5.41, 5.74) is -0.208. The highest BCUT2D eigenvalue weighted by Crippen LogP contribution is 2.33. The number of rotatable bonds is 2. The van der Waals surface area contributed by atoms with Crippen LogP contribution in [0.1, 0.15) is 18.6 Å². The van der Waals surface area contributed by atoms with Crippen molar-refractivity contribution in [2.24, 2.45) is 0 Å². The van der Waals surface area contributed by atoms with Crippen LogP contribution in [-0.2, 0) is 0 Å². The maximum Gasteiger partial charge on any atom is 0.209 e. The fourth-order valence-corrected chi connectivity index (χ4v) is 1.07. The second-order valence-corrected chi connectivity index (χ2v) is 2.82. The minimum absolute atomic E-state index is 0.208. The molecule has 3 nitrogen and oxygen atoms in total. The lowest BCUT2D eigenvalue weighted by molar-refractivity contribution is 0.191. The van der Waals surface area contributed by atoms with E-state index in [0.29, 0.717) is 0 Å². The first kappa shape index (κ1) is 10.7. The van der Waals surface area contributed by atoms with Crippen molar-refractivity contribution in [3.05, 3.63) is 23.3 Å². The number of ether oxygens (including phenoxy) is 1. The highest BCUT2D eigenvalue weighted by Gasteiger charge is 2.20. The molecule has 1 rings (SSSR count). The van der Waals surface area contributed by atoms with Gasteiger partial charge in [0.25, 0.3) is 0 Å². The normalized spacial score (nSPS) is 12.6. The second-order valence-electron chi connectivity index (χ2n) is 2.82. The quantitative estimate of drug-likeness (QED) is 0.771. The average molecular weight is 204 g/mol. The zero-order valence-electron chi connectivity index (χ0n) is 7.71. The molecule has 78 valence electrons. The van der Waals surface area contributed by atoms with E-state index in [1.807, 2.05) is 0 Å². The van der Waals surface area contributed by atoms with Crippen molar-refractivity contribution in [2.45, 2.75) is 13.0 Å². The lowest BCUT2D eigenvalue weighted by Gasteiger charge is -2.11. The molecule has 1 unspecified atom stereocenters. The molecule has 0 aliphatic carbocycles. The second kappa shape index (κ2) is 3.79. The lowest BCUT2D eigenvalue weighted by Crippen LogP contribution is -2.00. The summed E-state index contributed by atoms with van der Waals surface area (Å²) in [7, 11) is 1.18. The van der Waals surface area contributed by atoms with Gasteiger partial charge in [0, 0.05) is 5.56 Å². The largest absolute Gasteiger partial charge is 0.503 e. The molecule has 1 aromatic rings. The molecule has 0 aliphatic rings. The Morgan fingerprint density at radius 3 is 2.36 bits per heavy atom. The molecule has 0 aliphatic heterocycles. The predicted octanol–water partition coefficient (Wildman–Crippen LogP) is 1.73. The third kappa shape index (κ3) is 1.63. The van der Waals surface area contributed by atoms with E-state index < -0.39 is 23.5 Å². The van der Waals surface area contributed by atoms with Crippen LogP contribution < -0.4 is 4.74 Å². The monoisotopic (exact) mass is 204 g/mol. The van der Waals surface area contributed by atoms with Crippen LogP contribution in [0.3, 0.4) is 0 Å². The van der Waals surface area contributed by atoms with Crippen molar-refractivity contribution in [1.29, 1.82) is 0 Å². The number of phenolic OH excluding ortho intramolecular Hbond substituents is 1. The van der Waals surface area contributed by atoms with Gasteiger partial charge in [-0.15, -0.1) is 0 Å². The van der Waals surface area contributed by atoms with Crippen molar-refractivity contribution in [1.82, 2.24) is 0 Å². The van der Waals surface area contributed by atoms with Crippen molar-refractivity contribution in [3.63, 3.8) is 0 Å². The first-order chi connectivity index (χ1) is 6.49. The van der Waals surface area contributed by atoms with E-state index in [1.165, 1.54) is 14.0 Å². The molecule has 1 atom stereocenters. The average Bonchev–Trinajstić information content (AvgIpc) is 2.14. The summed E-state index contributed by atoms with van der Waals surface area (Å²) in [6.07, 6.45) is -1.14. The molecule has 0 saturated carbocycles. The Kier molecular flexibility index (Phi) is 2.90. The highest BCUT2D eigenvalue weighted by molar-refractivity contribution is 5.41. The summed E-state index contributed by atoms with van der Waals surface area (Å²) in [6, 6.07) is 1.01. The Balaban J connectivity index is 3.40. The van der Waals surface area contributed by atoms with Gasteiger partial charge in [-0.1, -0.05) is 0 Å². The van der Waals surface area contributed by atoms with Gasteiger partial charge in [0.15, 0.2) is 17.3 Å². The van der Waals surface area contributed by atoms with Crippen molar-refractivity contribution >= 4 is 0 Å². The van der Waals surface area contributed by atoms with E-state index in [1.54, 1.807) is 0 Å². The number of methoxy groups -OCH3 is 1. The number of hydrogen-bond donors (Lipinski definition) is 2. The predicted molar refractivity (Wildman–Crippen MR) is 45.2 cm³/mol. The van der Waals surface area contributed by atoms with Gasteiger partial charge in [-0.3, -0.25) is 0 Å². The molecule has 14 heavy (non-hydrogen) atoms. The van der Waals surface area contributed by atoms with E-state index in [2.05, 4.69) is 4.74 Å². The molecule has 0 spiro atoms. The maximum absolute atomic E-state index is 13.1. The van der Waals surface area contributed by atoms with Gasteiger partial charge in [0.1, 0.15) is 0 Å².